The lowest BCUT2D eigenvalue weighted by Gasteiger charge is -2.29. The highest BCUT2D eigenvalue weighted by Gasteiger charge is 2.34. The Kier molecular flexibility index (Phi) is 3.66. The number of amidine groups is 1. The minimum absolute atomic E-state index is 0.00815. The molecule has 0 bridgehead atoms. The number of phenolic OH excluding ortho intramolecular Hbond substituents is 1. The van der Waals surface area contributed by atoms with Crippen molar-refractivity contribution in [3.8, 4) is 5.75 Å². The molecule has 0 unspecified atom stereocenters. The number of alkyl halides is 3. The number of nitrogens with one attached hydrogen (secondary N) is 1. The van der Waals surface area contributed by atoms with Gasteiger partial charge in [-0.1, -0.05) is 0 Å². The van der Waals surface area contributed by atoms with Crippen molar-refractivity contribution in [3.05, 3.63) is 29.3 Å². The molecule has 0 spiro atoms. The van der Waals surface area contributed by atoms with E-state index in [0.29, 0.717) is 26.3 Å². The van der Waals surface area contributed by atoms with Crippen LogP contribution in [0.5, 0.6) is 5.75 Å². The fraction of sp³-hybridized carbons (Fsp3) is 0.417. The van der Waals surface area contributed by atoms with Gasteiger partial charge in [0.2, 0.25) is 0 Å². The molecule has 1 aliphatic heterocycles. The van der Waals surface area contributed by atoms with Crippen molar-refractivity contribution >= 4 is 5.84 Å². The number of benzene rings is 1. The summed E-state index contributed by atoms with van der Waals surface area (Å²) >= 11 is 0. The maximum absolute atomic E-state index is 12.7. The quantitative estimate of drug-likeness (QED) is 0.609. The molecule has 2 rings (SSSR count). The molecule has 1 heterocycles. The van der Waals surface area contributed by atoms with E-state index < -0.39 is 17.5 Å². The van der Waals surface area contributed by atoms with Crippen molar-refractivity contribution in [3.63, 3.8) is 0 Å². The van der Waals surface area contributed by atoms with Crippen molar-refractivity contribution in [2.24, 2.45) is 0 Å². The second-order valence-electron chi connectivity index (χ2n) is 4.18. The fourth-order valence-corrected chi connectivity index (χ4v) is 1.88. The van der Waals surface area contributed by atoms with Crippen LogP contribution in [0.25, 0.3) is 0 Å². The first-order valence-electron chi connectivity index (χ1n) is 5.71. The highest BCUT2D eigenvalue weighted by molar-refractivity contribution is 5.96. The lowest BCUT2D eigenvalue weighted by atomic mass is 10.1. The smallest absolute Gasteiger partial charge is 0.419 e. The number of aromatic hydroxyl groups is 1. The van der Waals surface area contributed by atoms with E-state index >= 15 is 0 Å². The number of rotatable bonds is 1. The molecule has 2 N–H and O–H groups in total. The number of hydrogen-bond donors (Lipinski definition) is 2. The lowest BCUT2D eigenvalue weighted by Crippen LogP contribution is -2.40. The minimum Gasteiger partial charge on any atom is -0.507 e. The van der Waals surface area contributed by atoms with E-state index in [-0.39, 0.29) is 11.4 Å². The maximum Gasteiger partial charge on any atom is 0.419 e. The van der Waals surface area contributed by atoms with Crippen LogP contribution in [0.2, 0.25) is 0 Å². The molecule has 1 aromatic rings. The molecule has 0 radical (unpaired) electrons. The second-order valence-corrected chi connectivity index (χ2v) is 4.18. The van der Waals surface area contributed by atoms with Crippen LogP contribution in [-0.4, -0.2) is 42.1 Å². The van der Waals surface area contributed by atoms with Crippen molar-refractivity contribution in [2.45, 2.75) is 6.18 Å². The molecule has 104 valence electrons. The molecule has 0 aliphatic carbocycles. The average molecular weight is 274 g/mol. The van der Waals surface area contributed by atoms with Gasteiger partial charge in [-0.3, -0.25) is 5.41 Å². The number of morpholine rings is 1. The van der Waals surface area contributed by atoms with Crippen LogP contribution >= 0.6 is 0 Å². The van der Waals surface area contributed by atoms with E-state index in [1.54, 1.807) is 4.90 Å². The van der Waals surface area contributed by atoms with E-state index in [4.69, 9.17) is 10.1 Å². The van der Waals surface area contributed by atoms with Gasteiger partial charge in [-0.15, -0.1) is 0 Å². The third kappa shape index (κ3) is 2.98. The Hall–Kier alpha value is -1.76. The first-order chi connectivity index (χ1) is 8.89. The van der Waals surface area contributed by atoms with E-state index in [1.807, 2.05) is 0 Å². The van der Waals surface area contributed by atoms with Gasteiger partial charge in [0.15, 0.2) is 0 Å². The number of ether oxygens (including phenoxy) is 1. The zero-order valence-electron chi connectivity index (χ0n) is 10.00. The Labute approximate surface area is 107 Å². The minimum atomic E-state index is -4.63. The van der Waals surface area contributed by atoms with Gasteiger partial charge in [0.25, 0.3) is 0 Å². The van der Waals surface area contributed by atoms with Crippen molar-refractivity contribution in [1.29, 1.82) is 5.41 Å². The number of nitrogens with zero attached hydrogens (tertiary/aromatic N) is 1. The SMILES string of the molecule is N=C(c1ccc(O)c(C(F)(F)F)c1)N1CCOCC1. The molecular formula is C12H13F3N2O2. The summed E-state index contributed by atoms with van der Waals surface area (Å²) in [6, 6.07) is 3.07. The van der Waals surface area contributed by atoms with Crippen LogP contribution in [-0.2, 0) is 10.9 Å². The van der Waals surface area contributed by atoms with Gasteiger partial charge >= 0.3 is 6.18 Å². The topological polar surface area (TPSA) is 56.5 Å². The molecule has 1 fully saturated rings. The molecule has 7 heteroatoms. The van der Waals surface area contributed by atoms with Gasteiger partial charge in [0.05, 0.1) is 18.8 Å². The summed E-state index contributed by atoms with van der Waals surface area (Å²) in [7, 11) is 0. The molecule has 1 aromatic carbocycles. The second kappa shape index (κ2) is 5.08. The van der Waals surface area contributed by atoms with Crippen molar-refractivity contribution < 1.29 is 23.0 Å². The van der Waals surface area contributed by atoms with Crippen LogP contribution in [0.3, 0.4) is 0 Å². The van der Waals surface area contributed by atoms with Crippen LogP contribution in [0.4, 0.5) is 13.2 Å². The van der Waals surface area contributed by atoms with E-state index in [1.165, 1.54) is 6.07 Å². The van der Waals surface area contributed by atoms with Gasteiger partial charge in [0.1, 0.15) is 11.6 Å². The Morgan fingerprint density at radius 3 is 2.47 bits per heavy atom. The van der Waals surface area contributed by atoms with E-state index in [2.05, 4.69) is 0 Å². The third-order valence-electron chi connectivity index (χ3n) is 2.90. The number of halogens is 3. The third-order valence-corrected chi connectivity index (χ3v) is 2.90. The van der Waals surface area contributed by atoms with Crippen LogP contribution in [0.1, 0.15) is 11.1 Å². The summed E-state index contributed by atoms with van der Waals surface area (Å²) in [5, 5.41) is 17.2. The highest BCUT2D eigenvalue weighted by atomic mass is 19.4. The predicted octanol–water partition coefficient (Wildman–Crippen LogP) is 2.07. The maximum atomic E-state index is 12.7. The predicted molar refractivity (Wildman–Crippen MR) is 62.3 cm³/mol. The highest BCUT2D eigenvalue weighted by Crippen LogP contribution is 2.36. The van der Waals surface area contributed by atoms with E-state index in [9.17, 15) is 18.3 Å². The van der Waals surface area contributed by atoms with Crippen molar-refractivity contribution in [1.82, 2.24) is 4.90 Å². The van der Waals surface area contributed by atoms with E-state index in [0.717, 1.165) is 12.1 Å². The molecule has 0 aromatic heterocycles. The van der Waals surface area contributed by atoms with Crippen LogP contribution < -0.4 is 0 Å². The Morgan fingerprint density at radius 2 is 1.89 bits per heavy atom. The molecule has 0 atom stereocenters. The number of phenols is 1. The standard InChI is InChI=1S/C12H13F3N2O2/c13-12(14,15)9-7-8(1-2-10(9)18)11(16)17-3-5-19-6-4-17/h1-2,7,16,18H,3-6H2. The van der Waals surface area contributed by atoms with Crippen molar-refractivity contribution in [2.75, 3.05) is 26.3 Å². The largest absolute Gasteiger partial charge is 0.507 e. The summed E-state index contributed by atoms with van der Waals surface area (Å²) in [5.74, 6) is -0.820. The molecule has 1 aliphatic rings. The zero-order chi connectivity index (χ0) is 14.0. The number of hydrogen-bond acceptors (Lipinski definition) is 3. The molecular weight excluding hydrogens is 261 g/mol. The fourth-order valence-electron chi connectivity index (χ4n) is 1.88. The molecule has 0 saturated carbocycles. The first kappa shape index (κ1) is 13.7. The van der Waals surface area contributed by atoms with Crippen LogP contribution in [0.15, 0.2) is 18.2 Å². The van der Waals surface area contributed by atoms with Gasteiger partial charge in [-0.2, -0.15) is 13.2 Å². The average Bonchev–Trinajstić information content (AvgIpc) is 2.38. The Morgan fingerprint density at radius 1 is 1.26 bits per heavy atom. The lowest BCUT2D eigenvalue weighted by molar-refractivity contribution is -0.138. The van der Waals surface area contributed by atoms with Gasteiger partial charge in [0, 0.05) is 18.7 Å². The normalized spacial score (nSPS) is 16.5. The Bertz CT molecular complexity index is 482. The zero-order valence-corrected chi connectivity index (χ0v) is 10.00. The summed E-state index contributed by atoms with van der Waals surface area (Å²) < 4.78 is 43.1. The summed E-state index contributed by atoms with van der Waals surface area (Å²) in [6.45, 7) is 1.85. The first-order valence-corrected chi connectivity index (χ1v) is 5.71. The van der Waals surface area contributed by atoms with Gasteiger partial charge in [-0.25, -0.2) is 0 Å². The molecule has 1 saturated heterocycles. The summed E-state index contributed by atoms with van der Waals surface area (Å²) in [5.41, 5.74) is -0.991. The van der Waals surface area contributed by atoms with Gasteiger partial charge in [-0.05, 0) is 18.2 Å². The molecule has 19 heavy (non-hydrogen) atoms. The molecule has 4 nitrogen and oxygen atoms in total. The molecule has 0 amide bonds. The van der Waals surface area contributed by atoms with Crippen LogP contribution in [0, 0.1) is 5.41 Å². The summed E-state index contributed by atoms with van der Waals surface area (Å²) in [6.07, 6.45) is -4.63. The monoisotopic (exact) mass is 274 g/mol. The Balaban J connectivity index is 2.27. The summed E-state index contributed by atoms with van der Waals surface area (Å²) in [4.78, 5) is 1.65. The van der Waals surface area contributed by atoms with Gasteiger partial charge < -0.3 is 14.7 Å².